The number of hydrogen-bond donors (Lipinski definition) is 2. The van der Waals surface area contributed by atoms with E-state index in [9.17, 15) is 13.2 Å². The fourth-order valence-electron chi connectivity index (χ4n) is 2.25. The molecular formula is C18H21ClN2O3S. The van der Waals surface area contributed by atoms with Crippen LogP contribution in [0.15, 0.2) is 53.4 Å². The molecule has 0 aromatic heterocycles. The zero-order chi connectivity index (χ0) is 18.3. The minimum absolute atomic E-state index is 0.0611. The summed E-state index contributed by atoms with van der Waals surface area (Å²) < 4.78 is 27.6. The van der Waals surface area contributed by atoms with Crippen LogP contribution in [-0.2, 0) is 10.0 Å². The van der Waals surface area contributed by atoms with E-state index in [1.807, 2.05) is 0 Å². The number of nitrogens with one attached hydrogen (secondary N) is 2. The Morgan fingerprint density at radius 3 is 2.48 bits per heavy atom. The minimum Gasteiger partial charge on any atom is -0.352 e. The summed E-state index contributed by atoms with van der Waals surface area (Å²) in [7, 11) is -3.89. The number of rotatable bonds is 8. The maximum absolute atomic E-state index is 12.6. The van der Waals surface area contributed by atoms with Crippen LogP contribution in [0.2, 0.25) is 5.02 Å². The Kier molecular flexibility index (Phi) is 6.84. The van der Waals surface area contributed by atoms with E-state index in [1.165, 1.54) is 18.2 Å². The van der Waals surface area contributed by atoms with Crippen molar-refractivity contribution in [2.24, 2.45) is 0 Å². The molecule has 0 atom stereocenters. The average Bonchev–Trinajstić information content (AvgIpc) is 2.59. The molecule has 0 aliphatic carbocycles. The molecule has 1 amide bonds. The highest BCUT2D eigenvalue weighted by molar-refractivity contribution is 7.92. The molecular weight excluding hydrogens is 360 g/mol. The van der Waals surface area contributed by atoms with E-state index in [-0.39, 0.29) is 21.4 Å². The predicted octanol–water partition coefficient (Wildman–Crippen LogP) is 4.06. The van der Waals surface area contributed by atoms with Crippen molar-refractivity contribution in [3.05, 3.63) is 59.1 Å². The molecule has 0 bridgehead atoms. The molecule has 2 aromatic rings. The maximum Gasteiger partial charge on any atom is 0.263 e. The average molecular weight is 381 g/mol. The summed E-state index contributed by atoms with van der Waals surface area (Å²) in [4.78, 5) is 12.1. The molecule has 2 N–H and O–H groups in total. The lowest BCUT2D eigenvalue weighted by molar-refractivity contribution is 0.0952. The lowest BCUT2D eigenvalue weighted by atomic mass is 10.2. The van der Waals surface area contributed by atoms with Crippen molar-refractivity contribution in [3.8, 4) is 0 Å². The van der Waals surface area contributed by atoms with Gasteiger partial charge in [0, 0.05) is 17.8 Å². The van der Waals surface area contributed by atoms with Crippen LogP contribution >= 0.6 is 11.6 Å². The molecule has 0 unspecified atom stereocenters. The van der Waals surface area contributed by atoms with Crippen LogP contribution in [0.3, 0.4) is 0 Å². The molecule has 0 aliphatic heterocycles. The number of para-hydroxylation sites is 1. The second kappa shape index (κ2) is 8.87. The van der Waals surface area contributed by atoms with E-state index < -0.39 is 10.0 Å². The standard InChI is InChI=1S/C18H21ClN2O3S/c1-2-3-7-12-20-18(22)14-10-11-16(19)17(13-14)25(23,24)21-15-8-5-4-6-9-15/h4-6,8-11,13,21H,2-3,7,12H2,1H3,(H,20,22). The molecule has 5 nitrogen and oxygen atoms in total. The van der Waals surface area contributed by atoms with Crippen molar-refractivity contribution < 1.29 is 13.2 Å². The minimum atomic E-state index is -3.89. The third-order valence-corrected chi connectivity index (χ3v) is 5.44. The molecule has 2 aromatic carbocycles. The summed E-state index contributed by atoms with van der Waals surface area (Å²) in [6.45, 7) is 2.64. The van der Waals surface area contributed by atoms with Gasteiger partial charge in [0.25, 0.3) is 15.9 Å². The van der Waals surface area contributed by atoms with Gasteiger partial charge in [0.05, 0.1) is 5.02 Å². The molecule has 2 rings (SSSR count). The van der Waals surface area contributed by atoms with Gasteiger partial charge in [-0.1, -0.05) is 49.6 Å². The van der Waals surface area contributed by atoms with Crippen LogP contribution in [-0.4, -0.2) is 20.9 Å². The van der Waals surface area contributed by atoms with Crippen molar-refractivity contribution in [2.75, 3.05) is 11.3 Å². The second-order valence-corrected chi connectivity index (χ2v) is 7.64. The molecule has 0 radical (unpaired) electrons. The number of anilines is 1. The predicted molar refractivity (Wildman–Crippen MR) is 101 cm³/mol. The smallest absolute Gasteiger partial charge is 0.263 e. The van der Waals surface area contributed by atoms with Gasteiger partial charge in [-0.05, 0) is 36.8 Å². The maximum atomic E-state index is 12.6. The Morgan fingerprint density at radius 1 is 1.08 bits per heavy atom. The number of amides is 1. The largest absolute Gasteiger partial charge is 0.352 e. The van der Waals surface area contributed by atoms with Gasteiger partial charge >= 0.3 is 0 Å². The molecule has 25 heavy (non-hydrogen) atoms. The van der Waals surface area contributed by atoms with E-state index in [2.05, 4.69) is 17.0 Å². The first-order chi connectivity index (χ1) is 11.9. The van der Waals surface area contributed by atoms with Crippen LogP contribution in [0.5, 0.6) is 0 Å². The van der Waals surface area contributed by atoms with Gasteiger partial charge in [-0.2, -0.15) is 0 Å². The summed E-state index contributed by atoms with van der Waals surface area (Å²) in [5.74, 6) is -0.316. The molecule has 134 valence electrons. The molecule has 0 fully saturated rings. The summed E-state index contributed by atoms with van der Waals surface area (Å²) in [6.07, 6.45) is 2.97. The number of hydrogen-bond acceptors (Lipinski definition) is 3. The van der Waals surface area contributed by atoms with E-state index >= 15 is 0 Å². The number of unbranched alkanes of at least 4 members (excludes halogenated alkanes) is 2. The number of sulfonamides is 1. The third-order valence-electron chi connectivity index (χ3n) is 3.57. The van der Waals surface area contributed by atoms with E-state index in [1.54, 1.807) is 30.3 Å². The fraction of sp³-hybridized carbons (Fsp3) is 0.278. The molecule has 0 aliphatic rings. The van der Waals surface area contributed by atoms with Crippen molar-refractivity contribution in [1.82, 2.24) is 5.32 Å². The van der Waals surface area contributed by atoms with E-state index in [0.717, 1.165) is 19.3 Å². The topological polar surface area (TPSA) is 75.3 Å². The zero-order valence-electron chi connectivity index (χ0n) is 14.0. The molecule has 0 spiro atoms. The van der Waals surface area contributed by atoms with Crippen molar-refractivity contribution in [2.45, 2.75) is 31.1 Å². The van der Waals surface area contributed by atoms with Gasteiger partial charge in [-0.15, -0.1) is 0 Å². The fourth-order valence-corrected chi connectivity index (χ4v) is 3.83. The monoisotopic (exact) mass is 380 g/mol. The number of benzene rings is 2. The third kappa shape index (κ3) is 5.47. The summed E-state index contributed by atoms with van der Waals surface area (Å²) in [5.41, 5.74) is 0.683. The van der Waals surface area contributed by atoms with Crippen LogP contribution < -0.4 is 10.0 Å². The van der Waals surface area contributed by atoms with E-state index in [4.69, 9.17) is 11.6 Å². The Balaban J connectivity index is 2.19. The Hall–Kier alpha value is -2.05. The normalized spacial score (nSPS) is 11.1. The Morgan fingerprint density at radius 2 is 1.80 bits per heavy atom. The SMILES string of the molecule is CCCCCNC(=O)c1ccc(Cl)c(S(=O)(=O)Nc2ccccc2)c1. The van der Waals surface area contributed by atoms with Crippen molar-refractivity contribution in [3.63, 3.8) is 0 Å². The highest BCUT2D eigenvalue weighted by atomic mass is 35.5. The highest BCUT2D eigenvalue weighted by Crippen LogP contribution is 2.25. The van der Waals surface area contributed by atoms with Gasteiger partial charge in [-0.25, -0.2) is 8.42 Å². The van der Waals surface area contributed by atoms with Crippen molar-refractivity contribution in [1.29, 1.82) is 0 Å². The van der Waals surface area contributed by atoms with Crippen LogP contribution in [0.4, 0.5) is 5.69 Å². The first-order valence-corrected chi connectivity index (χ1v) is 9.96. The Labute approximate surface area is 153 Å². The number of halogens is 1. The quantitative estimate of drug-likeness (QED) is 0.678. The zero-order valence-corrected chi connectivity index (χ0v) is 15.5. The number of carbonyl (C=O) groups is 1. The summed E-state index contributed by atoms with van der Waals surface area (Å²) in [6, 6.07) is 12.7. The lowest BCUT2D eigenvalue weighted by Gasteiger charge is -2.11. The first-order valence-electron chi connectivity index (χ1n) is 8.09. The van der Waals surface area contributed by atoms with Crippen LogP contribution in [0.25, 0.3) is 0 Å². The Bertz CT molecular complexity index is 823. The molecule has 0 saturated carbocycles. The van der Waals surface area contributed by atoms with Crippen LogP contribution in [0.1, 0.15) is 36.5 Å². The highest BCUT2D eigenvalue weighted by Gasteiger charge is 2.20. The molecule has 0 heterocycles. The molecule has 0 saturated heterocycles. The lowest BCUT2D eigenvalue weighted by Crippen LogP contribution is -2.25. The van der Waals surface area contributed by atoms with Gasteiger partial charge in [0.1, 0.15) is 4.90 Å². The molecule has 7 heteroatoms. The first kappa shape index (κ1) is 19.3. The number of carbonyl (C=O) groups excluding carboxylic acids is 1. The van der Waals surface area contributed by atoms with Gasteiger partial charge in [-0.3, -0.25) is 9.52 Å². The summed E-state index contributed by atoms with van der Waals surface area (Å²) in [5, 5.41) is 2.85. The van der Waals surface area contributed by atoms with Crippen LogP contribution in [0, 0.1) is 0 Å². The van der Waals surface area contributed by atoms with Gasteiger partial charge in [0.15, 0.2) is 0 Å². The second-order valence-electron chi connectivity index (χ2n) is 5.58. The summed E-state index contributed by atoms with van der Waals surface area (Å²) >= 11 is 6.05. The van der Waals surface area contributed by atoms with Gasteiger partial charge in [0.2, 0.25) is 0 Å². The van der Waals surface area contributed by atoms with E-state index in [0.29, 0.717) is 12.2 Å². The van der Waals surface area contributed by atoms with Crippen molar-refractivity contribution >= 4 is 33.2 Å². The van der Waals surface area contributed by atoms with Gasteiger partial charge < -0.3 is 5.32 Å².